The molecule has 1 amide bonds. The van der Waals surface area contributed by atoms with E-state index in [-0.39, 0.29) is 5.91 Å². The molecule has 1 aliphatic rings. The van der Waals surface area contributed by atoms with Crippen molar-refractivity contribution in [3.05, 3.63) is 36.5 Å². The van der Waals surface area contributed by atoms with E-state index in [1.807, 2.05) is 30.1 Å². The first-order chi connectivity index (χ1) is 7.69. The molecule has 0 radical (unpaired) electrons. The van der Waals surface area contributed by atoms with E-state index < -0.39 is 0 Å². The van der Waals surface area contributed by atoms with Crippen molar-refractivity contribution in [2.24, 2.45) is 5.92 Å². The highest BCUT2D eigenvalue weighted by Gasteiger charge is 2.22. The van der Waals surface area contributed by atoms with E-state index in [1.54, 1.807) is 6.92 Å². The zero-order valence-electron chi connectivity index (χ0n) is 10.3. The molecule has 16 heavy (non-hydrogen) atoms. The van der Waals surface area contributed by atoms with Crippen LogP contribution < -0.4 is 0 Å². The number of allylic oxidation sites excluding steroid dienone is 4. The molecule has 2 nitrogen and oxygen atoms in total. The van der Waals surface area contributed by atoms with Crippen LogP contribution in [0.2, 0.25) is 0 Å². The highest BCUT2D eigenvalue weighted by molar-refractivity contribution is 5.73. The van der Waals surface area contributed by atoms with Crippen LogP contribution in [0.4, 0.5) is 0 Å². The Morgan fingerprint density at radius 1 is 1.50 bits per heavy atom. The molecule has 1 atom stereocenters. The van der Waals surface area contributed by atoms with Crippen molar-refractivity contribution in [2.75, 3.05) is 13.1 Å². The van der Waals surface area contributed by atoms with Crippen LogP contribution >= 0.6 is 0 Å². The van der Waals surface area contributed by atoms with Gasteiger partial charge in [-0.05, 0) is 25.3 Å². The summed E-state index contributed by atoms with van der Waals surface area (Å²) in [5, 5.41) is 0. The van der Waals surface area contributed by atoms with Gasteiger partial charge >= 0.3 is 0 Å². The van der Waals surface area contributed by atoms with Crippen LogP contribution in [0.15, 0.2) is 36.5 Å². The lowest BCUT2D eigenvalue weighted by Gasteiger charge is -2.32. The highest BCUT2D eigenvalue weighted by Crippen LogP contribution is 2.24. The molecule has 2 heteroatoms. The summed E-state index contributed by atoms with van der Waals surface area (Å²) in [5.41, 5.74) is 1.28. The minimum atomic E-state index is 0.183. The van der Waals surface area contributed by atoms with Crippen LogP contribution in [0.3, 0.4) is 0 Å². The van der Waals surface area contributed by atoms with E-state index in [2.05, 4.69) is 12.7 Å². The molecule has 0 aliphatic carbocycles. The van der Waals surface area contributed by atoms with Crippen LogP contribution in [-0.4, -0.2) is 23.9 Å². The molecule has 88 valence electrons. The van der Waals surface area contributed by atoms with Crippen LogP contribution in [-0.2, 0) is 4.79 Å². The van der Waals surface area contributed by atoms with Crippen molar-refractivity contribution in [3.63, 3.8) is 0 Å². The van der Waals surface area contributed by atoms with Crippen molar-refractivity contribution in [2.45, 2.75) is 26.7 Å². The molecule has 0 spiro atoms. The lowest BCUT2D eigenvalue weighted by atomic mass is 9.89. The smallest absolute Gasteiger partial charge is 0.219 e. The molecule has 1 aliphatic heterocycles. The van der Waals surface area contributed by atoms with Gasteiger partial charge in [0, 0.05) is 25.9 Å². The quantitative estimate of drug-likeness (QED) is 0.668. The van der Waals surface area contributed by atoms with Gasteiger partial charge in [-0.25, -0.2) is 0 Å². The fourth-order valence-corrected chi connectivity index (χ4v) is 2.19. The van der Waals surface area contributed by atoms with Crippen molar-refractivity contribution in [3.8, 4) is 0 Å². The zero-order chi connectivity index (χ0) is 12.0. The molecule has 1 saturated heterocycles. The maximum absolute atomic E-state index is 11.4. The molecule has 0 saturated carbocycles. The summed E-state index contributed by atoms with van der Waals surface area (Å²) in [5.74, 6) is 0.648. The van der Waals surface area contributed by atoms with Crippen molar-refractivity contribution < 1.29 is 4.79 Å². The Bertz CT molecular complexity index is 315. The van der Waals surface area contributed by atoms with Gasteiger partial charge in [-0.3, -0.25) is 4.79 Å². The predicted octanol–water partition coefficient (Wildman–Crippen LogP) is 2.93. The Labute approximate surface area is 98.3 Å². The Morgan fingerprint density at radius 2 is 2.25 bits per heavy atom. The van der Waals surface area contributed by atoms with Gasteiger partial charge in [0.1, 0.15) is 0 Å². The first-order valence-corrected chi connectivity index (χ1v) is 5.89. The maximum Gasteiger partial charge on any atom is 0.219 e. The largest absolute Gasteiger partial charge is 0.342 e. The number of likely N-dealkylation sites (tertiary alicyclic amines) is 1. The summed E-state index contributed by atoms with van der Waals surface area (Å²) >= 11 is 0. The highest BCUT2D eigenvalue weighted by atomic mass is 16.2. The second-order valence-electron chi connectivity index (χ2n) is 4.21. The molecule has 0 N–H and O–H groups in total. The van der Waals surface area contributed by atoms with E-state index >= 15 is 0 Å². The van der Waals surface area contributed by atoms with E-state index in [1.165, 1.54) is 5.57 Å². The molecular weight excluding hydrogens is 198 g/mol. The molecule has 1 fully saturated rings. The summed E-state index contributed by atoms with van der Waals surface area (Å²) < 4.78 is 0. The zero-order valence-corrected chi connectivity index (χ0v) is 10.3. The Hall–Kier alpha value is -1.31. The average Bonchev–Trinajstić information content (AvgIpc) is 2.29. The number of piperidine rings is 1. The number of hydrogen-bond donors (Lipinski definition) is 0. The van der Waals surface area contributed by atoms with Gasteiger partial charge in [0.05, 0.1) is 0 Å². The van der Waals surface area contributed by atoms with Crippen molar-refractivity contribution >= 4 is 5.91 Å². The van der Waals surface area contributed by atoms with Crippen LogP contribution in [0.25, 0.3) is 0 Å². The predicted molar refractivity (Wildman–Crippen MR) is 68.1 cm³/mol. The minimum Gasteiger partial charge on any atom is -0.342 e. The molecule has 0 aromatic rings. The second-order valence-corrected chi connectivity index (χ2v) is 4.21. The Morgan fingerprint density at radius 3 is 2.81 bits per heavy atom. The average molecular weight is 219 g/mol. The van der Waals surface area contributed by atoms with Gasteiger partial charge in [-0.1, -0.05) is 30.9 Å². The van der Waals surface area contributed by atoms with Gasteiger partial charge in [-0.15, -0.1) is 0 Å². The fourth-order valence-electron chi connectivity index (χ4n) is 2.19. The summed E-state index contributed by atoms with van der Waals surface area (Å²) in [6.45, 7) is 9.16. The standard InChI is InChI=1S/C14H21NO/c1-4-7-13(8-5-2)14-9-6-10-15(11-14)12(3)16/h4-5,7-8,14H,1,6,9-11H2,2-3H3/b8-5-,13-7+. The third-order valence-electron chi connectivity index (χ3n) is 3.01. The monoisotopic (exact) mass is 219 g/mol. The topological polar surface area (TPSA) is 20.3 Å². The minimum absolute atomic E-state index is 0.183. The number of hydrogen-bond acceptors (Lipinski definition) is 1. The number of nitrogens with zero attached hydrogens (tertiary/aromatic N) is 1. The van der Waals surface area contributed by atoms with Crippen LogP contribution in [0.1, 0.15) is 26.7 Å². The molecule has 0 bridgehead atoms. The van der Waals surface area contributed by atoms with Crippen LogP contribution in [0.5, 0.6) is 0 Å². The molecule has 1 unspecified atom stereocenters. The van der Waals surface area contributed by atoms with Gasteiger partial charge in [0.2, 0.25) is 5.91 Å². The van der Waals surface area contributed by atoms with E-state index in [4.69, 9.17) is 0 Å². The SMILES string of the molecule is C=C/C=C(\C=C/C)C1CCCN(C(C)=O)C1. The first kappa shape index (κ1) is 12.8. The summed E-state index contributed by atoms with van der Waals surface area (Å²) in [7, 11) is 0. The van der Waals surface area contributed by atoms with Gasteiger partial charge in [0.15, 0.2) is 0 Å². The number of rotatable bonds is 3. The van der Waals surface area contributed by atoms with Crippen LogP contribution in [0, 0.1) is 5.92 Å². The molecule has 1 rings (SSSR count). The Balaban J connectivity index is 2.74. The van der Waals surface area contributed by atoms with Gasteiger partial charge in [0.25, 0.3) is 0 Å². The third kappa shape index (κ3) is 3.37. The summed E-state index contributed by atoms with van der Waals surface area (Å²) in [6, 6.07) is 0. The maximum atomic E-state index is 11.4. The summed E-state index contributed by atoms with van der Waals surface area (Å²) in [4.78, 5) is 13.3. The molecule has 0 aromatic carbocycles. The van der Waals surface area contributed by atoms with Crippen molar-refractivity contribution in [1.82, 2.24) is 4.90 Å². The lowest BCUT2D eigenvalue weighted by molar-refractivity contribution is -0.130. The van der Waals surface area contributed by atoms with Crippen molar-refractivity contribution in [1.29, 1.82) is 0 Å². The fraction of sp³-hybridized carbons (Fsp3) is 0.500. The number of carbonyl (C=O) groups excluding carboxylic acids is 1. The van der Waals surface area contributed by atoms with E-state index in [0.29, 0.717) is 5.92 Å². The molecular formula is C14H21NO. The van der Waals surface area contributed by atoms with Gasteiger partial charge in [-0.2, -0.15) is 0 Å². The first-order valence-electron chi connectivity index (χ1n) is 5.89. The number of amides is 1. The second kappa shape index (κ2) is 6.31. The molecule has 0 aromatic heterocycles. The van der Waals surface area contributed by atoms with E-state index in [9.17, 15) is 4.79 Å². The molecule has 1 heterocycles. The Kier molecular flexibility index (Phi) is 5.03. The van der Waals surface area contributed by atoms with E-state index in [0.717, 1.165) is 25.9 Å². The third-order valence-corrected chi connectivity index (χ3v) is 3.01. The van der Waals surface area contributed by atoms with Gasteiger partial charge < -0.3 is 4.90 Å². The summed E-state index contributed by atoms with van der Waals surface area (Å²) in [6.07, 6.45) is 10.3. The lowest BCUT2D eigenvalue weighted by Crippen LogP contribution is -2.38. The normalized spacial score (nSPS) is 22.5. The number of carbonyl (C=O) groups is 1.